The molecule has 1 heterocycles. The third kappa shape index (κ3) is 1.96. The monoisotopic (exact) mass is 266 g/mol. The second-order valence-electron chi connectivity index (χ2n) is 4.29. The van der Waals surface area contributed by atoms with E-state index in [-0.39, 0.29) is 0 Å². The van der Waals surface area contributed by atoms with E-state index in [1.54, 1.807) is 0 Å². The van der Waals surface area contributed by atoms with Crippen molar-refractivity contribution in [3.05, 3.63) is 46.0 Å². The number of aryl methyl sites for hydroxylation is 1. The molecule has 0 amide bonds. The molecule has 2 nitrogen and oxygen atoms in total. The molecule has 0 saturated heterocycles. The van der Waals surface area contributed by atoms with Gasteiger partial charge in [-0.05, 0) is 61.5 Å². The van der Waals surface area contributed by atoms with Crippen LogP contribution in [0.4, 0.5) is 0 Å². The summed E-state index contributed by atoms with van der Waals surface area (Å²) in [6, 6.07) is 7.71. The highest BCUT2D eigenvalue weighted by Crippen LogP contribution is 2.28. The molecular formula is C13H12Cl2N2. The van der Waals surface area contributed by atoms with Crippen LogP contribution in [0.2, 0.25) is 10.3 Å². The van der Waals surface area contributed by atoms with Gasteiger partial charge in [0.25, 0.3) is 0 Å². The fourth-order valence-electron chi connectivity index (χ4n) is 2.36. The van der Waals surface area contributed by atoms with Crippen LogP contribution < -0.4 is 0 Å². The van der Waals surface area contributed by atoms with Gasteiger partial charge in [0.05, 0.1) is 5.69 Å². The van der Waals surface area contributed by atoms with Gasteiger partial charge in [-0.1, -0.05) is 11.6 Å². The number of imidazole rings is 1. The Balaban J connectivity index is 2.13. The predicted octanol–water partition coefficient (Wildman–Crippen LogP) is 4.06. The number of hydrogen-bond donors (Lipinski definition) is 0. The summed E-state index contributed by atoms with van der Waals surface area (Å²) in [5.74, 6) is 0. The summed E-state index contributed by atoms with van der Waals surface area (Å²) in [6.07, 6.45) is 4.51. The Morgan fingerprint density at radius 1 is 1.00 bits per heavy atom. The van der Waals surface area contributed by atoms with E-state index in [1.807, 2.05) is 28.8 Å². The van der Waals surface area contributed by atoms with Crippen molar-refractivity contribution >= 4 is 23.2 Å². The van der Waals surface area contributed by atoms with Crippen molar-refractivity contribution in [3.8, 4) is 5.69 Å². The normalized spacial score (nSPS) is 14.7. The summed E-state index contributed by atoms with van der Waals surface area (Å²) in [7, 11) is 0. The largest absolute Gasteiger partial charge is 0.287 e. The average molecular weight is 267 g/mol. The van der Waals surface area contributed by atoms with Gasteiger partial charge in [0.2, 0.25) is 5.28 Å². The molecule has 1 aromatic carbocycles. The number of benzene rings is 1. The Morgan fingerprint density at radius 3 is 2.47 bits per heavy atom. The van der Waals surface area contributed by atoms with E-state index in [4.69, 9.17) is 23.2 Å². The molecule has 0 aliphatic heterocycles. The predicted molar refractivity (Wildman–Crippen MR) is 70.2 cm³/mol. The third-order valence-corrected chi connectivity index (χ3v) is 3.68. The number of hydrogen-bond acceptors (Lipinski definition) is 1. The van der Waals surface area contributed by atoms with Gasteiger partial charge in [-0.25, -0.2) is 4.98 Å². The van der Waals surface area contributed by atoms with Gasteiger partial charge in [0.15, 0.2) is 0 Å². The van der Waals surface area contributed by atoms with Crippen LogP contribution in [0.5, 0.6) is 0 Å². The second-order valence-corrected chi connectivity index (χ2v) is 5.07. The molecule has 0 bridgehead atoms. The molecule has 0 fully saturated rings. The lowest BCUT2D eigenvalue weighted by atomic mass is 10.0. The van der Waals surface area contributed by atoms with Crippen LogP contribution in [-0.4, -0.2) is 9.55 Å². The van der Waals surface area contributed by atoms with Crippen LogP contribution in [0.25, 0.3) is 5.69 Å². The first-order valence-corrected chi connectivity index (χ1v) is 6.53. The van der Waals surface area contributed by atoms with Crippen molar-refractivity contribution in [2.24, 2.45) is 0 Å². The van der Waals surface area contributed by atoms with Crippen LogP contribution in [0.3, 0.4) is 0 Å². The van der Waals surface area contributed by atoms with Crippen molar-refractivity contribution in [1.82, 2.24) is 9.55 Å². The topological polar surface area (TPSA) is 17.8 Å². The van der Waals surface area contributed by atoms with Gasteiger partial charge in [0, 0.05) is 16.4 Å². The Labute approximate surface area is 110 Å². The zero-order valence-electron chi connectivity index (χ0n) is 9.29. The van der Waals surface area contributed by atoms with Crippen LogP contribution in [0, 0.1) is 0 Å². The van der Waals surface area contributed by atoms with Crippen molar-refractivity contribution in [1.29, 1.82) is 0 Å². The average Bonchev–Trinajstić information content (AvgIpc) is 2.66. The number of rotatable bonds is 1. The number of aromatic nitrogens is 2. The third-order valence-electron chi connectivity index (χ3n) is 3.18. The van der Waals surface area contributed by atoms with Crippen molar-refractivity contribution < 1.29 is 0 Å². The fraction of sp³-hybridized carbons (Fsp3) is 0.308. The highest BCUT2D eigenvalue weighted by molar-refractivity contribution is 6.30. The maximum atomic E-state index is 6.23. The number of halogens is 2. The molecular weight excluding hydrogens is 255 g/mol. The minimum atomic E-state index is 0.555. The molecule has 4 heteroatoms. The van der Waals surface area contributed by atoms with E-state index in [1.165, 1.54) is 18.5 Å². The van der Waals surface area contributed by atoms with Crippen molar-refractivity contribution in [3.63, 3.8) is 0 Å². The maximum Gasteiger partial charge on any atom is 0.207 e. The SMILES string of the molecule is Clc1ccc(-n2c(Cl)nc3c2CCCC3)cc1. The Kier molecular flexibility index (Phi) is 2.85. The molecule has 0 radical (unpaired) electrons. The van der Waals surface area contributed by atoms with Crippen molar-refractivity contribution in [2.45, 2.75) is 25.7 Å². The van der Waals surface area contributed by atoms with Gasteiger partial charge in [0.1, 0.15) is 0 Å². The summed E-state index contributed by atoms with van der Waals surface area (Å²) >= 11 is 12.1. The molecule has 1 aliphatic rings. The lowest BCUT2D eigenvalue weighted by Gasteiger charge is -2.14. The molecule has 88 valence electrons. The van der Waals surface area contributed by atoms with E-state index in [0.717, 1.165) is 29.2 Å². The molecule has 0 unspecified atom stereocenters. The summed E-state index contributed by atoms with van der Waals surface area (Å²) in [5, 5.41) is 1.29. The molecule has 0 atom stereocenters. The van der Waals surface area contributed by atoms with E-state index in [2.05, 4.69) is 4.98 Å². The van der Waals surface area contributed by atoms with Gasteiger partial charge in [-0.3, -0.25) is 4.57 Å². The lowest BCUT2D eigenvalue weighted by molar-refractivity contribution is 0.656. The van der Waals surface area contributed by atoms with E-state index in [0.29, 0.717) is 5.28 Å². The summed E-state index contributed by atoms with van der Waals surface area (Å²) in [6.45, 7) is 0. The van der Waals surface area contributed by atoms with Gasteiger partial charge in [-0.15, -0.1) is 0 Å². The number of nitrogens with zero attached hydrogens (tertiary/aromatic N) is 2. The standard InChI is InChI=1S/C13H12Cl2N2/c14-9-5-7-10(8-6-9)17-12-4-2-1-3-11(12)16-13(17)15/h5-8H,1-4H2. The minimum Gasteiger partial charge on any atom is -0.287 e. The van der Waals surface area contributed by atoms with Crippen LogP contribution in [0.15, 0.2) is 24.3 Å². The smallest absolute Gasteiger partial charge is 0.207 e. The molecule has 17 heavy (non-hydrogen) atoms. The summed E-state index contributed by atoms with van der Waals surface area (Å²) in [4.78, 5) is 4.45. The zero-order chi connectivity index (χ0) is 11.8. The molecule has 0 N–H and O–H groups in total. The fourth-order valence-corrected chi connectivity index (χ4v) is 2.79. The summed E-state index contributed by atoms with van der Waals surface area (Å²) < 4.78 is 2.03. The lowest BCUT2D eigenvalue weighted by Crippen LogP contribution is -2.07. The molecule has 3 rings (SSSR count). The Morgan fingerprint density at radius 2 is 1.71 bits per heavy atom. The molecule has 0 spiro atoms. The van der Waals surface area contributed by atoms with Crippen molar-refractivity contribution in [2.75, 3.05) is 0 Å². The molecule has 1 aliphatic carbocycles. The summed E-state index contributed by atoms with van der Waals surface area (Å²) in [5.41, 5.74) is 3.44. The first kappa shape index (κ1) is 11.1. The van der Waals surface area contributed by atoms with Gasteiger partial charge in [-0.2, -0.15) is 0 Å². The first-order valence-electron chi connectivity index (χ1n) is 5.77. The minimum absolute atomic E-state index is 0.555. The van der Waals surface area contributed by atoms with E-state index in [9.17, 15) is 0 Å². The van der Waals surface area contributed by atoms with E-state index >= 15 is 0 Å². The molecule has 1 aromatic heterocycles. The van der Waals surface area contributed by atoms with Gasteiger partial charge < -0.3 is 0 Å². The van der Waals surface area contributed by atoms with Crippen LogP contribution in [-0.2, 0) is 12.8 Å². The Bertz CT molecular complexity index is 543. The highest BCUT2D eigenvalue weighted by Gasteiger charge is 2.19. The molecule has 2 aromatic rings. The van der Waals surface area contributed by atoms with E-state index < -0.39 is 0 Å². The molecule has 0 saturated carbocycles. The zero-order valence-corrected chi connectivity index (χ0v) is 10.8. The second kappa shape index (κ2) is 4.35. The highest BCUT2D eigenvalue weighted by atomic mass is 35.5. The van der Waals surface area contributed by atoms with Crippen LogP contribution >= 0.6 is 23.2 Å². The first-order chi connectivity index (χ1) is 8.25. The van der Waals surface area contributed by atoms with Crippen LogP contribution in [0.1, 0.15) is 24.2 Å². The number of fused-ring (bicyclic) bond motifs is 1. The maximum absolute atomic E-state index is 6.23. The van der Waals surface area contributed by atoms with Gasteiger partial charge >= 0.3 is 0 Å². The Hall–Kier alpha value is -0.990. The quantitative estimate of drug-likeness (QED) is 0.761.